The van der Waals surface area contributed by atoms with Gasteiger partial charge in [0, 0.05) is 44.0 Å². The van der Waals surface area contributed by atoms with Gasteiger partial charge in [-0.25, -0.2) is 8.42 Å². The minimum Gasteiger partial charge on any atom is -0.338 e. The van der Waals surface area contributed by atoms with Gasteiger partial charge in [-0.1, -0.05) is 6.07 Å². The first-order valence-corrected chi connectivity index (χ1v) is 10.9. The smallest absolute Gasteiger partial charge is 0.228 e. The van der Waals surface area contributed by atoms with Gasteiger partial charge in [-0.3, -0.25) is 14.6 Å². The zero-order valence-corrected chi connectivity index (χ0v) is 15.4. The summed E-state index contributed by atoms with van der Waals surface area (Å²) < 4.78 is 23.4. The van der Waals surface area contributed by atoms with Crippen LogP contribution in [0.3, 0.4) is 0 Å². The summed E-state index contributed by atoms with van der Waals surface area (Å²) in [7, 11) is -3.05. The van der Waals surface area contributed by atoms with Crippen LogP contribution in [0.1, 0.15) is 31.2 Å². The first kappa shape index (κ1) is 17.5. The van der Waals surface area contributed by atoms with Crippen molar-refractivity contribution >= 4 is 21.7 Å². The largest absolute Gasteiger partial charge is 0.338 e. The molecule has 140 valence electrons. The molecular formula is C18H23N3O4S. The van der Waals surface area contributed by atoms with Crippen LogP contribution in [0.2, 0.25) is 0 Å². The quantitative estimate of drug-likeness (QED) is 0.750. The highest BCUT2D eigenvalue weighted by molar-refractivity contribution is 7.91. The van der Waals surface area contributed by atoms with Gasteiger partial charge in [0.2, 0.25) is 11.8 Å². The summed E-state index contributed by atoms with van der Waals surface area (Å²) >= 11 is 0. The first-order valence-electron chi connectivity index (χ1n) is 9.12. The molecule has 3 aliphatic rings. The standard InChI is InChI=1S/C18H23N3O4S/c22-17-8-14(11-20(17)16-5-7-26(24,25)12-16)18(23)21(15-3-4-15)10-13-2-1-6-19-9-13/h1-2,6,9,14-16H,3-5,7-8,10-12H2/t14-,16+/m0/s1. The molecule has 2 saturated heterocycles. The normalized spacial score (nSPS) is 27.7. The topological polar surface area (TPSA) is 87.7 Å². The summed E-state index contributed by atoms with van der Waals surface area (Å²) in [5.74, 6) is -0.296. The Bertz CT molecular complexity index is 807. The van der Waals surface area contributed by atoms with Gasteiger partial charge >= 0.3 is 0 Å². The molecular weight excluding hydrogens is 354 g/mol. The van der Waals surface area contributed by atoms with Crippen LogP contribution in [0, 0.1) is 5.92 Å². The molecule has 7 nitrogen and oxygen atoms in total. The maximum atomic E-state index is 13.1. The van der Waals surface area contributed by atoms with E-state index in [9.17, 15) is 18.0 Å². The molecule has 1 aromatic rings. The molecule has 0 radical (unpaired) electrons. The van der Waals surface area contributed by atoms with Gasteiger partial charge in [0.1, 0.15) is 0 Å². The molecule has 1 saturated carbocycles. The van der Waals surface area contributed by atoms with E-state index in [0.29, 0.717) is 19.5 Å². The Morgan fingerprint density at radius 3 is 2.73 bits per heavy atom. The van der Waals surface area contributed by atoms with Gasteiger partial charge in [-0.2, -0.15) is 0 Å². The molecule has 0 N–H and O–H groups in total. The third-order valence-corrected chi connectivity index (χ3v) is 7.25. The van der Waals surface area contributed by atoms with Crippen molar-refractivity contribution in [1.82, 2.24) is 14.8 Å². The maximum absolute atomic E-state index is 13.1. The number of hydrogen-bond acceptors (Lipinski definition) is 5. The molecule has 0 aromatic carbocycles. The van der Waals surface area contributed by atoms with Gasteiger partial charge in [0.05, 0.1) is 17.4 Å². The third kappa shape index (κ3) is 3.60. The highest BCUT2D eigenvalue weighted by Gasteiger charge is 2.44. The third-order valence-electron chi connectivity index (χ3n) is 5.50. The zero-order chi connectivity index (χ0) is 18.3. The molecule has 1 aliphatic carbocycles. The molecule has 0 spiro atoms. The van der Waals surface area contributed by atoms with Crippen molar-refractivity contribution in [2.45, 2.75) is 44.3 Å². The number of aromatic nitrogens is 1. The Labute approximate surface area is 153 Å². The van der Waals surface area contributed by atoms with Crippen LogP contribution in [0.4, 0.5) is 0 Å². The van der Waals surface area contributed by atoms with Crippen molar-refractivity contribution in [2.75, 3.05) is 18.1 Å². The molecule has 0 bridgehead atoms. The minimum atomic E-state index is -3.05. The highest BCUT2D eigenvalue weighted by atomic mass is 32.2. The summed E-state index contributed by atoms with van der Waals surface area (Å²) in [5, 5.41) is 0. The van der Waals surface area contributed by atoms with Crippen LogP contribution >= 0.6 is 0 Å². The first-order chi connectivity index (χ1) is 12.4. The van der Waals surface area contributed by atoms with E-state index in [0.717, 1.165) is 18.4 Å². The number of sulfone groups is 1. The molecule has 0 unspecified atom stereocenters. The van der Waals surface area contributed by atoms with E-state index in [1.54, 1.807) is 17.3 Å². The highest BCUT2D eigenvalue weighted by Crippen LogP contribution is 2.33. The molecule has 1 aromatic heterocycles. The number of nitrogens with zero attached hydrogens (tertiary/aromatic N) is 3. The molecule has 3 fully saturated rings. The van der Waals surface area contributed by atoms with E-state index in [4.69, 9.17) is 0 Å². The van der Waals surface area contributed by atoms with E-state index in [2.05, 4.69) is 4.98 Å². The monoisotopic (exact) mass is 377 g/mol. The number of rotatable bonds is 5. The number of carbonyl (C=O) groups excluding carboxylic acids is 2. The summed E-state index contributed by atoms with van der Waals surface area (Å²) in [4.78, 5) is 33.1. The number of amides is 2. The molecule has 2 aliphatic heterocycles. The summed E-state index contributed by atoms with van der Waals surface area (Å²) in [6, 6.07) is 3.79. The van der Waals surface area contributed by atoms with Crippen LogP contribution < -0.4 is 0 Å². The zero-order valence-electron chi connectivity index (χ0n) is 14.6. The fourth-order valence-corrected chi connectivity index (χ4v) is 5.70. The number of likely N-dealkylation sites (tertiary alicyclic amines) is 1. The number of carbonyl (C=O) groups is 2. The van der Waals surface area contributed by atoms with Crippen molar-refractivity contribution < 1.29 is 18.0 Å². The van der Waals surface area contributed by atoms with E-state index >= 15 is 0 Å². The molecule has 2 atom stereocenters. The van der Waals surface area contributed by atoms with Crippen molar-refractivity contribution in [3.8, 4) is 0 Å². The second-order valence-electron chi connectivity index (χ2n) is 7.56. The van der Waals surface area contributed by atoms with Crippen molar-refractivity contribution in [3.63, 3.8) is 0 Å². The van der Waals surface area contributed by atoms with Gasteiger partial charge in [-0.05, 0) is 30.9 Å². The lowest BCUT2D eigenvalue weighted by Crippen LogP contribution is -2.41. The average molecular weight is 377 g/mol. The Morgan fingerprint density at radius 2 is 2.12 bits per heavy atom. The van der Waals surface area contributed by atoms with Crippen LogP contribution in [-0.2, 0) is 26.0 Å². The number of pyridine rings is 1. The Kier molecular flexibility index (Phi) is 4.46. The average Bonchev–Trinajstić information content (AvgIpc) is 3.29. The van der Waals surface area contributed by atoms with Gasteiger partial charge in [-0.15, -0.1) is 0 Å². The second kappa shape index (κ2) is 6.64. The summed E-state index contributed by atoms with van der Waals surface area (Å²) in [6.45, 7) is 0.855. The van der Waals surface area contributed by atoms with E-state index in [1.165, 1.54) is 0 Å². The summed E-state index contributed by atoms with van der Waals surface area (Å²) in [6.07, 6.45) is 6.13. The Morgan fingerprint density at radius 1 is 1.31 bits per heavy atom. The van der Waals surface area contributed by atoms with Crippen LogP contribution in [0.15, 0.2) is 24.5 Å². The van der Waals surface area contributed by atoms with Gasteiger partial charge in [0.25, 0.3) is 0 Å². The second-order valence-corrected chi connectivity index (χ2v) is 9.79. The Balaban J connectivity index is 1.44. The molecule has 2 amide bonds. The summed E-state index contributed by atoms with van der Waals surface area (Å²) in [5.41, 5.74) is 0.982. The van der Waals surface area contributed by atoms with Crippen LogP contribution in [0.5, 0.6) is 0 Å². The van der Waals surface area contributed by atoms with Gasteiger partial charge in [0.15, 0.2) is 9.84 Å². The number of hydrogen-bond donors (Lipinski definition) is 0. The van der Waals surface area contributed by atoms with E-state index in [-0.39, 0.29) is 47.7 Å². The maximum Gasteiger partial charge on any atom is 0.228 e. The van der Waals surface area contributed by atoms with Crippen molar-refractivity contribution in [3.05, 3.63) is 30.1 Å². The van der Waals surface area contributed by atoms with E-state index < -0.39 is 9.84 Å². The van der Waals surface area contributed by atoms with Crippen molar-refractivity contribution in [1.29, 1.82) is 0 Å². The molecule has 4 rings (SSSR count). The SMILES string of the molecule is O=C([C@H]1CC(=O)N([C@@H]2CCS(=O)(=O)C2)C1)N(Cc1cccnc1)C1CC1. The van der Waals surface area contributed by atoms with Crippen LogP contribution in [-0.4, -0.2) is 65.2 Å². The minimum absolute atomic E-state index is 0.00746. The fraction of sp³-hybridized carbons (Fsp3) is 0.611. The van der Waals surface area contributed by atoms with Crippen molar-refractivity contribution in [2.24, 2.45) is 5.92 Å². The Hall–Kier alpha value is -1.96. The lowest BCUT2D eigenvalue weighted by atomic mass is 10.1. The van der Waals surface area contributed by atoms with E-state index in [1.807, 2.05) is 17.0 Å². The predicted octanol–water partition coefficient (Wildman–Crippen LogP) is 0.608. The molecule has 26 heavy (non-hydrogen) atoms. The van der Waals surface area contributed by atoms with Gasteiger partial charge < -0.3 is 9.80 Å². The molecule has 3 heterocycles. The fourth-order valence-electron chi connectivity index (χ4n) is 3.97. The van der Waals surface area contributed by atoms with Crippen LogP contribution in [0.25, 0.3) is 0 Å². The lowest BCUT2D eigenvalue weighted by molar-refractivity contribution is -0.137. The lowest BCUT2D eigenvalue weighted by Gasteiger charge is -2.27. The predicted molar refractivity (Wildman–Crippen MR) is 94.7 cm³/mol. The molecule has 8 heteroatoms.